The molecule has 0 spiro atoms. The Bertz CT molecular complexity index is 199. The number of ether oxygens (including phenoxy) is 1. The molecule has 15 heavy (non-hydrogen) atoms. The zero-order chi connectivity index (χ0) is 11.7. The van der Waals surface area contributed by atoms with Crippen LogP contribution in [0.4, 0.5) is 0 Å². The smallest absolute Gasteiger partial charge is 0.312 e. The number of carbonyl (C=O) groups is 1. The quantitative estimate of drug-likeness (QED) is 0.402. The summed E-state index contributed by atoms with van der Waals surface area (Å²) in [4.78, 5) is 11.0. The first-order valence-corrected chi connectivity index (χ1v) is 5.56. The average Bonchev–Trinajstić information content (AvgIpc) is 2.25. The van der Waals surface area contributed by atoms with E-state index in [9.17, 15) is 9.90 Å². The van der Waals surface area contributed by atoms with Crippen molar-refractivity contribution < 1.29 is 14.6 Å². The molecule has 0 aliphatic rings. The molecule has 0 amide bonds. The van der Waals surface area contributed by atoms with Crippen LogP contribution in [0.1, 0.15) is 39.5 Å². The first-order valence-electron chi connectivity index (χ1n) is 5.56. The molecule has 1 N–H and O–H groups in total. The maximum absolute atomic E-state index is 11.0. The molecule has 3 heteroatoms. The molecule has 0 aromatic carbocycles. The third-order valence-electron chi connectivity index (χ3n) is 2.30. The highest BCUT2D eigenvalue weighted by atomic mass is 16.5. The lowest BCUT2D eigenvalue weighted by Gasteiger charge is -2.06. The first-order chi connectivity index (χ1) is 7.11. The van der Waals surface area contributed by atoms with Crippen LogP contribution in [0.25, 0.3) is 0 Å². The van der Waals surface area contributed by atoms with Crippen molar-refractivity contribution in [2.24, 2.45) is 5.92 Å². The lowest BCUT2D eigenvalue weighted by atomic mass is 10.1. The molecule has 0 aromatic rings. The van der Waals surface area contributed by atoms with Crippen LogP contribution < -0.4 is 0 Å². The third kappa shape index (κ3) is 7.14. The van der Waals surface area contributed by atoms with Crippen LogP contribution >= 0.6 is 0 Å². The highest BCUT2D eigenvalue weighted by molar-refractivity contribution is 5.73. The van der Waals surface area contributed by atoms with Gasteiger partial charge in [0.15, 0.2) is 0 Å². The van der Waals surface area contributed by atoms with Crippen molar-refractivity contribution in [1.29, 1.82) is 0 Å². The molecule has 0 aromatic heterocycles. The molecule has 0 aliphatic carbocycles. The van der Waals surface area contributed by atoms with Crippen LogP contribution in [0.2, 0.25) is 0 Å². The lowest BCUT2D eigenvalue weighted by Crippen LogP contribution is -2.11. The summed E-state index contributed by atoms with van der Waals surface area (Å²) in [6.45, 7) is 3.88. The molecule has 0 aliphatic heterocycles. The fourth-order valence-electron chi connectivity index (χ4n) is 1.26. The summed E-state index contributed by atoms with van der Waals surface area (Å²) in [5.74, 6) is -0.553. The van der Waals surface area contributed by atoms with Gasteiger partial charge in [-0.15, -0.1) is 0 Å². The predicted octanol–water partition coefficient (Wildman–Crippen LogP) is 2.29. The van der Waals surface area contributed by atoms with E-state index in [1.807, 2.05) is 0 Å². The van der Waals surface area contributed by atoms with E-state index in [4.69, 9.17) is 0 Å². The molecule has 88 valence electrons. The highest BCUT2D eigenvalue weighted by Crippen LogP contribution is 2.06. The number of rotatable bonds is 7. The van der Waals surface area contributed by atoms with Crippen molar-refractivity contribution in [3.05, 3.63) is 12.2 Å². The standard InChI is InChI=1S/C12H22O3/c1-4-5-6-7-11(13)9-8-10(2)12(14)15-3/h8-11,13H,4-7H2,1-3H3/b9-8+/t10-,11+/m1/s1. The Labute approximate surface area is 92.1 Å². The van der Waals surface area contributed by atoms with Gasteiger partial charge < -0.3 is 9.84 Å². The van der Waals surface area contributed by atoms with Gasteiger partial charge in [-0.2, -0.15) is 0 Å². The van der Waals surface area contributed by atoms with Gasteiger partial charge in [-0.3, -0.25) is 4.79 Å². The van der Waals surface area contributed by atoms with Crippen LogP contribution in [0.15, 0.2) is 12.2 Å². The minimum atomic E-state index is -0.441. The monoisotopic (exact) mass is 214 g/mol. The Morgan fingerprint density at radius 1 is 1.40 bits per heavy atom. The van der Waals surface area contributed by atoms with Gasteiger partial charge in [0.25, 0.3) is 0 Å². The van der Waals surface area contributed by atoms with E-state index < -0.39 is 6.10 Å². The molecule has 0 heterocycles. The van der Waals surface area contributed by atoms with Crippen molar-refractivity contribution in [3.63, 3.8) is 0 Å². The highest BCUT2D eigenvalue weighted by Gasteiger charge is 2.09. The van der Waals surface area contributed by atoms with Gasteiger partial charge in [-0.1, -0.05) is 38.3 Å². The summed E-state index contributed by atoms with van der Waals surface area (Å²) in [6.07, 6.45) is 7.00. The van der Waals surface area contributed by atoms with E-state index in [1.165, 1.54) is 7.11 Å². The number of hydrogen-bond acceptors (Lipinski definition) is 3. The maximum Gasteiger partial charge on any atom is 0.312 e. The summed E-state index contributed by atoms with van der Waals surface area (Å²) in [6, 6.07) is 0. The Hall–Kier alpha value is -0.830. The summed E-state index contributed by atoms with van der Waals surface area (Å²) >= 11 is 0. The number of aliphatic hydroxyl groups excluding tert-OH is 1. The first kappa shape index (κ1) is 14.2. The number of methoxy groups -OCH3 is 1. The molecular formula is C12H22O3. The molecule has 0 saturated carbocycles. The summed E-state index contributed by atoms with van der Waals surface area (Å²) < 4.78 is 4.57. The zero-order valence-corrected chi connectivity index (χ0v) is 9.90. The van der Waals surface area contributed by atoms with Crippen molar-refractivity contribution in [3.8, 4) is 0 Å². The van der Waals surface area contributed by atoms with Gasteiger partial charge >= 0.3 is 5.97 Å². The molecule has 3 nitrogen and oxygen atoms in total. The minimum Gasteiger partial charge on any atom is -0.469 e. The molecular weight excluding hydrogens is 192 g/mol. The van der Waals surface area contributed by atoms with Gasteiger partial charge in [0.05, 0.1) is 19.1 Å². The molecule has 0 unspecified atom stereocenters. The SMILES string of the molecule is CCCCC[C@H](O)/C=C/[C@@H](C)C(=O)OC. The topological polar surface area (TPSA) is 46.5 Å². The van der Waals surface area contributed by atoms with Gasteiger partial charge in [-0.25, -0.2) is 0 Å². The summed E-state index contributed by atoms with van der Waals surface area (Å²) in [5.41, 5.74) is 0. The van der Waals surface area contributed by atoms with Crippen molar-refractivity contribution in [2.45, 2.75) is 45.6 Å². The molecule has 2 atom stereocenters. The predicted molar refractivity (Wildman–Crippen MR) is 60.5 cm³/mol. The number of carbonyl (C=O) groups excluding carboxylic acids is 1. The largest absolute Gasteiger partial charge is 0.469 e. The Kier molecular flexibility index (Phi) is 8.01. The molecule has 0 fully saturated rings. The summed E-state index contributed by atoms with van der Waals surface area (Å²) in [7, 11) is 1.37. The van der Waals surface area contributed by atoms with Crippen LogP contribution in [-0.4, -0.2) is 24.3 Å². The normalized spacial score (nSPS) is 15.2. The van der Waals surface area contributed by atoms with Crippen LogP contribution in [0, 0.1) is 5.92 Å². The van der Waals surface area contributed by atoms with Crippen molar-refractivity contribution in [1.82, 2.24) is 0 Å². The number of hydrogen-bond donors (Lipinski definition) is 1. The number of unbranched alkanes of at least 4 members (excludes halogenated alkanes) is 2. The second kappa shape index (κ2) is 8.48. The van der Waals surface area contributed by atoms with Crippen LogP contribution in [0.3, 0.4) is 0 Å². The fourth-order valence-corrected chi connectivity index (χ4v) is 1.26. The van der Waals surface area contributed by atoms with E-state index in [0.29, 0.717) is 0 Å². The number of esters is 1. The number of aliphatic hydroxyl groups is 1. The third-order valence-corrected chi connectivity index (χ3v) is 2.30. The molecule has 0 rings (SSSR count). The van der Waals surface area contributed by atoms with Gasteiger partial charge in [0.1, 0.15) is 0 Å². The van der Waals surface area contributed by atoms with E-state index in [2.05, 4.69) is 11.7 Å². The fraction of sp³-hybridized carbons (Fsp3) is 0.750. The van der Waals surface area contributed by atoms with Crippen molar-refractivity contribution in [2.75, 3.05) is 7.11 Å². The summed E-state index contributed by atoms with van der Waals surface area (Å²) in [5, 5.41) is 9.54. The zero-order valence-electron chi connectivity index (χ0n) is 9.90. The second-order valence-corrected chi connectivity index (χ2v) is 3.76. The van der Waals surface area contributed by atoms with Gasteiger partial charge in [0.2, 0.25) is 0 Å². The molecule has 0 saturated heterocycles. The Morgan fingerprint density at radius 2 is 2.07 bits per heavy atom. The Morgan fingerprint density at radius 3 is 2.60 bits per heavy atom. The average molecular weight is 214 g/mol. The van der Waals surface area contributed by atoms with E-state index in [0.717, 1.165) is 25.7 Å². The second-order valence-electron chi connectivity index (χ2n) is 3.76. The molecule has 0 bridgehead atoms. The van der Waals surface area contributed by atoms with Crippen LogP contribution in [0.5, 0.6) is 0 Å². The van der Waals surface area contributed by atoms with E-state index in [-0.39, 0.29) is 11.9 Å². The Balaban J connectivity index is 3.78. The lowest BCUT2D eigenvalue weighted by molar-refractivity contribution is -0.143. The van der Waals surface area contributed by atoms with E-state index in [1.54, 1.807) is 19.1 Å². The van der Waals surface area contributed by atoms with Crippen LogP contribution in [-0.2, 0) is 9.53 Å². The maximum atomic E-state index is 11.0. The minimum absolute atomic E-state index is 0.271. The van der Waals surface area contributed by atoms with Crippen molar-refractivity contribution >= 4 is 5.97 Å². The van der Waals surface area contributed by atoms with Gasteiger partial charge in [0, 0.05) is 0 Å². The van der Waals surface area contributed by atoms with Gasteiger partial charge in [-0.05, 0) is 13.3 Å². The molecule has 0 radical (unpaired) electrons. The van der Waals surface area contributed by atoms with E-state index >= 15 is 0 Å².